The van der Waals surface area contributed by atoms with E-state index in [0.717, 1.165) is 11.1 Å². The predicted octanol–water partition coefficient (Wildman–Crippen LogP) is 3.01. The van der Waals surface area contributed by atoms with Crippen LogP contribution < -0.4 is 0 Å². The summed E-state index contributed by atoms with van der Waals surface area (Å²) < 4.78 is 29.8. The maximum Gasteiger partial charge on any atom is 0.233 e. The van der Waals surface area contributed by atoms with Crippen LogP contribution in [0.5, 0.6) is 0 Å². The molecule has 0 bridgehead atoms. The molecular weight excluding hydrogens is 414 g/mol. The average Bonchev–Trinajstić information content (AvgIpc) is 3.15. The maximum absolute atomic E-state index is 12.5. The lowest BCUT2D eigenvalue weighted by Gasteiger charge is -2.37. The highest BCUT2D eigenvalue weighted by molar-refractivity contribution is 7.92. The number of benzene rings is 2. The van der Waals surface area contributed by atoms with Gasteiger partial charge < -0.3 is 9.42 Å². The molecule has 3 aromatic rings. The fourth-order valence-corrected chi connectivity index (χ4v) is 4.54. The molecule has 1 amide bonds. The molecule has 0 atom stereocenters. The van der Waals surface area contributed by atoms with E-state index in [9.17, 15) is 13.2 Å². The number of sulfone groups is 1. The van der Waals surface area contributed by atoms with Gasteiger partial charge in [-0.3, -0.25) is 4.79 Å². The lowest BCUT2D eigenvalue weighted by atomic mass is 9.99. The van der Waals surface area contributed by atoms with Crippen molar-refractivity contribution in [2.75, 3.05) is 13.1 Å². The highest BCUT2D eigenvalue weighted by Crippen LogP contribution is 2.27. The van der Waals surface area contributed by atoms with Crippen molar-refractivity contribution in [1.29, 1.82) is 0 Å². The Morgan fingerprint density at radius 3 is 2.39 bits per heavy atom. The maximum atomic E-state index is 12.5. The molecule has 162 valence electrons. The number of aromatic nitrogens is 2. The van der Waals surface area contributed by atoms with E-state index in [4.69, 9.17) is 4.52 Å². The van der Waals surface area contributed by atoms with Gasteiger partial charge in [0.05, 0.1) is 22.5 Å². The third-order valence-corrected chi connectivity index (χ3v) is 7.67. The summed E-state index contributed by atoms with van der Waals surface area (Å²) in [5.74, 6) is 1.26. The Labute approximate surface area is 182 Å². The normalized spacial score (nSPS) is 14.6. The van der Waals surface area contributed by atoms with Gasteiger partial charge >= 0.3 is 0 Å². The molecule has 1 fully saturated rings. The van der Waals surface area contributed by atoms with Crippen molar-refractivity contribution in [2.24, 2.45) is 0 Å². The van der Waals surface area contributed by atoms with Gasteiger partial charge in [0, 0.05) is 19.5 Å². The Balaban J connectivity index is 1.30. The third-order valence-electron chi connectivity index (χ3n) is 5.50. The van der Waals surface area contributed by atoms with Crippen LogP contribution >= 0.6 is 0 Å². The Bertz CT molecular complexity index is 1150. The molecular formula is C23H25N3O4S. The van der Waals surface area contributed by atoms with Crippen molar-refractivity contribution in [3.8, 4) is 0 Å². The Hall–Kier alpha value is -3.00. The largest absolute Gasteiger partial charge is 0.341 e. The molecule has 2 aromatic carbocycles. The molecule has 1 aliphatic heterocycles. The Morgan fingerprint density at radius 1 is 1.06 bits per heavy atom. The summed E-state index contributed by atoms with van der Waals surface area (Å²) >= 11 is 0. The van der Waals surface area contributed by atoms with Crippen LogP contribution in [0.1, 0.15) is 42.6 Å². The second kappa shape index (κ2) is 8.63. The van der Waals surface area contributed by atoms with Gasteiger partial charge in [0.1, 0.15) is 0 Å². The van der Waals surface area contributed by atoms with Gasteiger partial charge in [0.25, 0.3) is 0 Å². The number of likely N-dealkylation sites (tertiary alicyclic amines) is 1. The minimum Gasteiger partial charge on any atom is -0.341 e. The van der Waals surface area contributed by atoms with Crippen LogP contribution in [0.4, 0.5) is 0 Å². The molecule has 8 heteroatoms. The van der Waals surface area contributed by atoms with E-state index in [2.05, 4.69) is 10.1 Å². The molecule has 1 aromatic heterocycles. The molecule has 0 aliphatic carbocycles. The van der Waals surface area contributed by atoms with Crippen molar-refractivity contribution in [3.63, 3.8) is 0 Å². The van der Waals surface area contributed by atoms with Gasteiger partial charge in [-0.05, 0) is 37.1 Å². The van der Waals surface area contributed by atoms with Gasteiger partial charge in [-0.1, -0.05) is 47.6 Å². The lowest BCUT2D eigenvalue weighted by molar-refractivity contribution is -0.135. The van der Waals surface area contributed by atoms with E-state index in [1.54, 1.807) is 43.0 Å². The first-order valence-electron chi connectivity index (χ1n) is 10.3. The number of carbonyl (C=O) groups is 1. The smallest absolute Gasteiger partial charge is 0.233 e. The van der Waals surface area contributed by atoms with E-state index >= 15 is 0 Å². The topological polar surface area (TPSA) is 93.4 Å². The standard InChI is InChI=1S/C23H25N3O4S/c1-16(2)31(28,29)20-10-8-18(9-11-20)13-22(27)26-14-19(15-26)23-24-21(25-30-23)12-17-6-4-3-5-7-17/h3-11,16,19H,12-15H2,1-2H3. The molecule has 0 saturated carbocycles. The third kappa shape index (κ3) is 4.69. The number of amides is 1. The van der Waals surface area contributed by atoms with Gasteiger partial charge in [0.15, 0.2) is 15.7 Å². The SMILES string of the molecule is CC(C)S(=O)(=O)c1ccc(CC(=O)N2CC(c3nc(Cc4ccccc4)no3)C2)cc1. The van der Waals surface area contributed by atoms with Crippen molar-refractivity contribution in [1.82, 2.24) is 15.0 Å². The van der Waals surface area contributed by atoms with Crippen molar-refractivity contribution >= 4 is 15.7 Å². The quantitative estimate of drug-likeness (QED) is 0.562. The number of hydrogen-bond acceptors (Lipinski definition) is 6. The zero-order valence-corrected chi connectivity index (χ0v) is 18.4. The van der Waals surface area contributed by atoms with Crippen LogP contribution in [0.2, 0.25) is 0 Å². The van der Waals surface area contributed by atoms with E-state index in [1.807, 2.05) is 30.3 Å². The number of hydrogen-bond donors (Lipinski definition) is 0. The summed E-state index contributed by atoms with van der Waals surface area (Å²) in [4.78, 5) is 19.1. The first kappa shape index (κ1) is 21.2. The summed E-state index contributed by atoms with van der Waals surface area (Å²) in [5, 5.41) is 3.58. The fraction of sp³-hybridized carbons (Fsp3) is 0.348. The second-order valence-electron chi connectivity index (χ2n) is 8.12. The van der Waals surface area contributed by atoms with Gasteiger partial charge in [-0.2, -0.15) is 4.98 Å². The summed E-state index contributed by atoms with van der Waals surface area (Å²) in [6, 6.07) is 16.5. The summed E-state index contributed by atoms with van der Waals surface area (Å²) in [6.07, 6.45) is 0.847. The minimum absolute atomic E-state index is 0.000240. The number of nitrogens with zero attached hydrogens (tertiary/aromatic N) is 3. The first-order chi connectivity index (χ1) is 14.8. The predicted molar refractivity (Wildman–Crippen MR) is 115 cm³/mol. The summed E-state index contributed by atoms with van der Waals surface area (Å²) in [6.45, 7) is 4.40. The van der Waals surface area contributed by atoms with Crippen LogP contribution in [0, 0.1) is 0 Å². The molecule has 0 radical (unpaired) electrons. The highest BCUT2D eigenvalue weighted by atomic mass is 32.2. The molecule has 4 rings (SSSR count). The Kier molecular flexibility index (Phi) is 5.91. The zero-order valence-electron chi connectivity index (χ0n) is 17.6. The van der Waals surface area contributed by atoms with Crippen molar-refractivity contribution in [2.45, 2.75) is 42.8 Å². The van der Waals surface area contributed by atoms with Crippen LogP contribution in [-0.2, 0) is 27.5 Å². The molecule has 2 heterocycles. The first-order valence-corrected chi connectivity index (χ1v) is 11.8. The van der Waals surface area contributed by atoms with Crippen LogP contribution in [0.25, 0.3) is 0 Å². The highest BCUT2D eigenvalue weighted by Gasteiger charge is 2.35. The van der Waals surface area contributed by atoms with E-state index in [-0.39, 0.29) is 23.1 Å². The molecule has 1 saturated heterocycles. The molecule has 31 heavy (non-hydrogen) atoms. The van der Waals surface area contributed by atoms with Gasteiger partial charge in [0.2, 0.25) is 11.8 Å². The fourth-order valence-electron chi connectivity index (χ4n) is 3.48. The van der Waals surface area contributed by atoms with Gasteiger partial charge in [-0.15, -0.1) is 0 Å². The number of rotatable bonds is 7. The summed E-state index contributed by atoms with van der Waals surface area (Å²) in [5.41, 5.74) is 1.91. The van der Waals surface area contributed by atoms with Crippen LogP contribution in [-0.4, -0.2) is 47.7 Å². The van der Waals surface area contributed by atoms with E-state index in [1.165, 1.54) is 0 Å². The Morgan fingerprint density at radius 2 is 1.74 bits per heavy atom. The van der Waals surface area contributed by atoms with Crippen LogP contribution in [0.15, 0.2) is 64.0 Å². The van der Waals surface area contributed by atoms with Crippen molar-refractivity contribution in [3.05, 3.63) is 77.4 Å². The van der Waals surface area contributed by atoms with Crippen molar-refractivity contribution < 1.29 is 17.7 Å². The van der Waals surface area contributed by atoms with Gasteiger partial charge in [-0.25, -0.2) is 8.42 Å². The molecule has 1 aliphatic rings. The van der Waals surface area contributed by atoms with E-state index < -0.39 is 15.1 Å². The lowest BCUT2D eigenvalue weighted by Crippen LogP contribution is -2.49. The molecule has 0 N–H and O–H groups in total. The van der Waals surface area contributed by atoms with Crippen LogP contribution in [0.3, 0.4) is 0 Å². The summed E-state index contributed by atoms with van der Waals surface area (Å²) in [7, 11) is -3.31. The monoisotopic (exact) mass is 439 g/mol. The second-order valence-corrected chi connectivity index (χ2v) is 10.6. The molecule has 7 nitrogen and oxygen atoms in total. The minimum atomic E-state index is -3.31. The number of carbonyl (C=O) groups excluding carboxylic acids is 1. The van der Waals surface area contributed by atoms with E-state index in [0.29, 0.717) is 31.2 Å². The average molecular weight is 440 g/mol. The molecule has 0 unspecified atom stereocenters. The zero-order chi connectivity index (χ0) is 22.0. The molecule has 0 spiro atoms.